The third-order valence-corrected chi connectivity index (χ3v) is 3.96. The molecule has 0 saturated carbocycles. The first-order chi connectivity index (χ1) is 10.4. The van der Waals surface area contributed by atoms with Gasteiger partial charge in [0.15, 0.2) is 11.5 Å². The van der Waals surface area contributed by atoms with E-state index < -0.39 is 0 Å². The summed E-state index contributed by atoms with van der Waals surface area (Å²) in [5, 5.41) is 0. The minimum absolute atomic E-state index is 0.619. The van der Waals surface area contributed by atoms with Gasteiger partial charge in [0.25, 0.3) is 0 Å². The standard InChI is InChI=1S/C17H24N2O2/c1-2-3-4-5-6-7-8-17-18-13-11-15-16(12-14(13)19-17)21-10-9-20-15/h11-12H,2-10H2,1H3,(H,18,19). The van der Waals surface area contributed by atoms with Gasteiger partial charge in [0.2, 0.25) is 0 Å². The monoisotopic (exact) mass is 288 g/mol. The van der Waals surface area contributed by atoms with E-state index in [-0.39, 0.29) is 0 Å². The second-order valence-electron chi connectivity index (χ2n) is 5.71. The molecule has 0 aliphatic carbocycles. The molecule has 0 spiro atoms. The first-order valence-corrected chi connectivity index (χ1v) is 8.15. The predicted molar refractivity (Wildman–Crippen MR) is 84.2 cm³/mol. The number of unbranched alkanes of at least 4 members (excludes halogenated alkanes) is 5. The van der Waals surface area contributed by atoms with Crippen LogP contribution in [0.4, 0.5) is 0 Å². The molecule has 0 unspecified atom stereocenters. The summed E-state index contributed by atoms with van der Waals surface area (Å²) in [5.41, 5.74) is 2.01. The summed E-state index contributed by atoms with van der Waals surface area (Å²) in [6.45, 7) is 3.49. The summed E-state index contributed by atoms with van der Waals surface area (Å²) >= 11 is 0. The van der Waals surface area contributed by atoms with Gasteiger partial charge in [-0.3, -0.25) is 0 Å². The Morgan fingerprint density at radius 1 is 1.00 bits per heavy atom. The Balaban J connectivity index is 1.59. The number of benzene rings is 1. The van der Waals surface area contributed by atoms with Crippen LogP contribution in [0.2, 0.25) is 0 Å². The average Bonchev–Trinajstić information content (AvgIpc) is 2.90. The van der Waals surface area contributed by atoms with E-state index in [9.17, 15) is 0 Å². The zero-order chi connectivity index (χ0) is 14.5. The van der Waals surface area contributed by atoms with E-state index in [1.807, 2.05) is 12.1 Å². The van der Waals surface area contributed by atoms with E-state index in [2.05, 4.69) is 16.9 Å². The van der Waals surface area contributed by atoms with Gasteiger partial charge in [-0.1, -0.05) is 39.0 Å². The number of fused-ring (bicyclic) bond motifs is 2. The van der Waals surface area contributed by atoms with Gasteiger partial charge in [0.1, 0.15) is 19.0 Å². The van der Waals surface area contributed by atoms with Crippen LogP contribution in [0.15, 0.2) is 12.1 Å². The molecule has 0 atom stereocenters. The third-order valence-electron chi connectivity index (χ3n) is 3.96. The van der Waals surface area contributed by atoms with E-state index in [4.69, 9.17) is 9.47 Å². The third kappa shape index (κ3) is 3.49. The van der Waals surface area contributed by atoms with Gasteiger partial charge in [0, 0.05) is 18.6 Å². The minimum atomic E-state index is 0.619. The van der Waals surface area contributed by atoms with E-state index in [0.717, 1.165) is 34.8 Å². The fourth-order valence-corrected chi connectivity index (χ4v) is 2.79. The number of imidazole rings is 1. The van der Waals surface area contributed by atoms with Crippen LogP contribution in [-0.4, -0.2) is 23.2 Å². The molecular formula is C17H24N2O2. The molecule has 1 aliphatic heterocycles. The van der Waals surface area contributed by atoms with Crippen molar-refractivity contribution >= 4 is 11.0 Å². The van der Waals surface area contributed by atoms with Gasteiger partial charge in [-0.2, -0.15) is 0 Å². The Bertz CT molecular complexity index is 549. The molecule has 2 aromatic rings. The lowest BCUT2D eigenvalue weighted by Crippen LogP contribution is -2.15. The number of aryl methyl sites for hydroxylation is 1. The molecule has 1 N–H and O–H groups in total. The molecule has 0 amide bonds. The van der Waals surface area contributed by atoms with Gasteiger partial charge in [-0.25, -0.2) is 4.98 Å². The number of hydrogen-bond acceptors (Lipinski definition) is 3. The fourth-order valence-electron chi connectivity index (χ4n) is 2.79. The highest BCUT2D eigenvalue weighted by Crippen LogP contribution is 2.33. The van der Waals surface area contributed by atoms with Crippen molar-refractivity contribution in [3.8, 4) is 11.5 Å². The quantitative estimate of drug-likeness (QED) is 0.775. The molecule has 1 aromatic heterocycles. The van der Waals surface area contributed by atoms with Crippen LogP contribution < -0.4 is 9.47 Å². The van der Waals surface area contributed by atoms with Crippen LogP contribution in [0.1, 0.15) is 51.3 Å². The molecule has 0 bridgehead atoms. The Hall–Kier alpha value is -1.71. The number of nitrogens with one attached hydrogen (secondary N) is 1. The fraction of sp³-hybridized carbons (Fsp3) is 0.588. The smallest absolute Gasteiger partial charge is 0.163 e. The second-order valence-corrected chi connectivity index (χ2v) is 5.71. The Labute approximate surface area is 125 Å². The molecule has 4 heteroatoms. The van der Waals surface area contributed by atoms with Crippen molar-refractivity contribution in [1.29, 1.82) is 0 Å². The molecule has 0 fully saturated rings. The van der Waals surface area contributed by atoms with Gasteiger partial charge in [-0.15, -0.1) is 0 Å². The first-order valence-electron chi connectivity index (χ1n) is 8.15. The maximum absolute atomic E-state index is 5.60. The van der Waals surface area contributed by atoms with Crippen LogP contribution in [0, 0.1) is 0 Å². The molecule has 3 rings (SSSR count). The maximum atomic E-state index is 5.60. The molecule has 0 saturated heterocycles. The molecular weight excluding hydrogens is 264 g/mol. The van der Waals surface area contributed by atoms with Crippen LogP contribution >= 0.6 is 0 Å². The van der Waals surface area contributed by atoms with E-state index in [1.54, 1.807) is 0 Å². The summed E-state index contributed by atoms with van der Waals surface area (Å²) in [7, 11) is 0. The molecule has 0 radical (unpaired) electrons. The predicted octanol–water partition coefficient (Wildman–Crippen LogP) is 4.24. The highest BCUT2D eigenvalue weighted by Gasteiger charge is 2.14. The van der Waals surface area contributed by atoms with E-state index >= 15 is 0 Å². The van der Waals surface area contributed by atoms with Crippen molar-refractivity contribution in [2.75, 3.05) is 13.2 Å². The normalized spacial score (nSPS) is 13.8. The molecule has 2 heterocycles. The van der Waals surface area contributed by atoms with Crippen molar-refractivity contribution in [2.24, 2.45) is 0 Å². The summed E-state index contributed by atoms with van der Waals surface area (Å²) < 4.78 is 11.2. The van der Waals surface area contributed by atoms with Crippen LogP contribution in [0.5, 0.6) is 11.5 Å². The molecule has 114 valence electrons. The Morgan fingerprint density at radius 3 is 2.52 bits per heavy atom. The Kier molecular flexibility index (Phi) is 4.63. The summed E-state index contributed by atoms with van der Waals surface area (Å²) in [6, 6.07) is 3.98. The number of nitrogens with zero attached hydrogens (tertiary/aromatic N) is 1. The molecule has 1 aliphatic rings. The number of aromatic amines is 1. The van der Waals surface area contributed by atoms with Crippen molar-refractivity contribution < 1.29 is 9.47 Å². The van der Waals surface area contributed by atoms with Crippen LogP contribution in [0.25, 0.3) is 11.0 Å². The largest absolute Gasteiger partial charge is 0.486 e. The van der Waals surface area contributed by atoms with Crippen molar-refractivity contribution in [2.45, 2.75) is 51.9 Å². The molecule has 4 nitrogen and oxygen atoms in total. The zero-order valence-electron chi connectivity index (χ0n) is 12.8. The van der Waals surface area contributed by atoms with Crippen molar-refractivity contribution in [3.63, 3.8) is 0 Å². The topological polar surface area (TPSA) is 47.1 Å². The Morgan fingerprint density at radius 2 is 1.71 bits per heavy atom. The lowest BCUT2D eigenvalue weighted by molar-refractivity contribution is 0.172. The number of aromatic nitrogens is 2. The second kappa shape index (κ2) is 6.83. The van der Waals surface area contributed by atoms with Gasteiger partial charge < -0.3 is 14.5 Å². The van der Waals surface area contributed by atoms with Crippen LogP contribution in [-0.2, 0) is 6.42 Å². The zero-order valence-corrected chi connectivity index (χ0v) is 12.8. The molecule has 21 heavy (non-hydrogen) atoms. The number of ether oxygens (including phenoxy) is 2. The number of H-pyrrole nitrogens is 1. The van der Waals surface area contributed by atoms with E-state index in [0.29, 0.717) is 13.2 Å². The number of rotatable bonds is 7. The highest BCUT2D eigenvalue weighted by atomic mass is 16.6. The number of hydrogen-bond donors (Lipinski definition) is 1. The van der Waals surface area contributed by atoms with Crippen LogP contribution in [0.3, 0.4) is 0 Å². The summed E-state index contributed by atoms with van der Waals surface area (Å²) in [6.07, 6.45) is 8.87. The first kappa shape index (κ1) is 14.2. The van der Waals surface area contributed by atoms with E-state index in [1.165, 1.54) is 38.5 Å². The van der Waals surface area contributed by atoms with Crippen molar-refractivity contribution in [3.05, 3.63) is 18.0 Å². The summed E-state index contributed by atoms with van der Waals surface area (Å²) in [4.78, 5) is 8.06. The maximum Gasteiger partial charge on any atom is 0.163 e. The SMILES string of the molecule is CCCCCCCCc1nc2cc3c(cc2[nH]1)OCCO3. The lowest BCUT2D eigenvalue weighted by atomic mass is 10.1. The van der Waals surface area contributed by atoms with Gasteiger partial charge >= 0.3 is 0 Å². The minimum Gasteiger partial charge on any atom is -0.486 e. The highest BCUT2D eigenvalue weighted by molar-refractivity contribution is 5.79. The van der Waals surface area contributed by atoms with Gasteiger partial charge in [-0.05, 0) is 6.42 Å². The lowest BCUT2D eigenvalue weighted by Gasteiger charge is -2.17. The summed E-state index contributed by atoms with van der Waals surface area (Å²) in [5.74, 6) is 2.71. The van der Waals surface area contributed by atoms with Gasteiger partial charge in [0.05, 0.1) is 11.0 Å². The average molecular weight is 288 g/mol. The van der Waals surface area contributed by atoms with Crippen molar-refractivity contribution in [1.82, 2.24) is 9.97 Å². The molecule has 1 aromatic carbocycles.